The summed E-state index contributed by atoms with van der Waals surface area (Å²) in [5.41, 5.74) is 3.15. The molecule has 0 atom stereocenters. The van der Waals surface area contributed by atoms with Crippen molar-refractivity contribution >= 4 is 67.8 Å². The topological polar surface area (TPSA) is 93.9 Å². The molecule has 0 radical (unpaired) electrons. The summed E-state index contributed by atoms with van der Waals surface area (Å²) in [6.45, 7) is 0. The lowest BCUT2D eigenvalue weighted by Crippen LogP contribution is -2.20. The minimum absolute atomic E-state index is 0.326. The average molecular weight is 471 g/mol. The molecule has 5 aromatic rings. The number of aromatic nitrogens is 2. The number of H-pyrrole nitrogens is 1. The van der Waals surface area contributed by atoms with E-state index < -0.39 is 11.8 Å². The molecule has 0 fully saturated rings. The van der Waals surface area contributed by atoms with Gasteiger partial charge in [-0.1, -0.05) is 36.4 Å². The number of benzene rings is 4. The number of carbonyl (C=O) groups is 1. The summed E-state index contributed by atoms with van der Waals surface area (Å²) in [7, 11) is 0. The number of rotatable bonds is 4. The molecule has 168 valence electrons. The molecular weight excluding hydrogens is 451 g/mol. The molecule has 0 aliphatic rings. The third kappa shape index (κ3) is 4.64. The van der Waals surface area contributed by atoms with Crippen molar-refractivity contribution < 1.29 is 9.18 Å². The lowest BCUT2D eigenvalue weighted by molar-refractivity contribution is 0.262. The number of amides is 2. The van der Waals surface area contributed by atoms with E-state index in [0.717, 1.165) is 22.1 Å². The second-order valence-electron chi connectivity index (χ2n) is 7.55. The fraction of sp³-hybridized carbons (Fsp3) is 0. The predicted molar refractivity (Wildman–Crippen MR) is 139 cm³/mol. The minimum Gasteiger partial charge on any atom is -0.332 e. The maximum Gasteiger partial charge on any atom is 0.323 e. The Morgan fingerprint density at radius 1 is 0.794 bits per heavy atom. The van der Waals surface area contributed by atoms with Gasteiger partial charge < -0.3 is 21.3 Å². The number of nitrogens with zero attached hydrogens (tertiary/aromatic N) is 1. The Morgan fingerprint density at radius 2 is 1.59 bits per heavy atom. The number of thiocarbonyl (C=S) groups is 1. The number of halogens is 1. The second kappa shape index (κ2) is 9.16. The highest BCUT2D eigenvalue weighted by atomic mass is 32.1. The molecule has 9 heteroatoms. The Bertz CT molecular complexity index is 1520. The maximum absolute atomic E-state index is 13.9. The van der Waals surface area contributed by atoms with Crippen molar-refractivity contribution in [3.63, 3.8) is 0 Å². The first kappa shape index (κ1) is 21.4. The Labute approximate surface area is 199 Å². The van der Waals surface area contributed by atoms with Gasteiger partial charge in [-0.15, -0.1) is 0 Å². The van der Waals surface area contributed by atoms with E-state index in [2.05, 4.69) is 31.5 Å². The summed E-state index contributed by atoms with van der Waals surface area (Å²) in [6, 6.07) is 23.1. The van der Waals surface area contributed by atoms with Crippen molar-refractivity contribution in [2.45, 2.75) is 0 Å². The van der Waals surface area contributed by atoms with Crippen LogP contribution in [0.4, 0.5) is 31.9 Å². The van der Waals surface area contributed by atoms with Crippen LogP contribution in [0.25, 0.3) is 21.7 Å². The summed E-state index contributed by atoms with van der Waals surface area (Å²) in [5, 5.41) is 21.3. The summed E-state index contributed by atoms with van der Waals surface area (Å²) in [6.07, 6.45) is 1.54. The van der Waals surface area contributed by atoms with Crippen molar-refractivity contribution in [2.24, 2.45) is 0 Å². The lowest BCUT2D eigenvalue weighted by Gasteiger charge is -2.13. The average Bonchev–Trinajstić information content (AvgIpc) is 3.28. The van der Waals surface area contributed by atoms with Crippen molar-refractivity contribution in [3.05, 3.63) is 90.9 Å². The van der Waals surface area contributed by atoms with E-state index >= 15 is 0 Å². The van der Waals surface area contributed by atoms with Gasteiger partial charge in [-0.25, -0.2) is 9.18 Å². The number of para-hydroxylation sites is 1. The van der Waals surface area contributed by atoms with Gasteiger partial charge >= 0.3 is 6.03 Å². The molecule has 0 saturated carbocycles. The summed E-state index contributed by atoms with van der Waals surface area (Å²) in [5.74, 6) is -0.475. The Kier molecular flexibility index (Phi) is 5.75. The Hall–Kier alpha value is -4.50. The number of anilines is 4. The number of nitrogens with one attached hydrogen (secondary N) is 5. The number of carbonyl (C=O) groups excluding carboxylic acids is 1. The summed E-state index contributed by atoms with van der Waals surface area (Å²) >= 11 is 5.40. The van der Waals surface area contributed by atoms with Gasteiger partial charge in [-0.05, 0) is 60.1 Å². The molecule has 5 N–H and O–H groups in total. The predicted octanol–water partition coefficient (Wildman–Crippen LogP) is 6.31. The number of hydrogen-bond acceptors (Lipinski definition) is 3. The Balaban J connectivity index is 1.31. The van der Waals surface area contributed by atoms with Crippen molar-refractivity contribution in [2.75, 3.05) is 21.3 Å². The highest BCUT2D eigenvalue weighted by Gasteiger charge is 2.11. The molecule has 0 aliphatic carbocycles. The molecule has 7 nitrogen and oxygen atoms in total. The highest BCUT2D eigenvalue weighted by Crippen LogP contribution is 2.28. The summed E-state index contributed by atoms with van der Waals surface area (Å²) < 4.78 is 13.9. The van der Waals surface area contributed by atoms with E-state index in [9.17, 15) is 9.18 Å². The SMILES string of the molecule is O=C(Nc1cccc2cc(NC(=S)Nc3ccccc3)ccc12)Nc1cc(F)cc2[nH]ncc12. The fourth-order valence-electron chi connectivity index (χ4n) is 3.68. The molecule has 2 amide bonds. The first-order valence-corrected chi connectivity index (χ1v) is 10.8. The van der Waals surface area contributed by atoms with Crippen molar-refractivity contribution in [3.8, 4) is 0 Å². The molecule has 0 unspecified atom stereocenters. The third-order valence-electron chi connectivity index (χ3n) is 5.19. The van der Waals surface area contributed by atoms with Gasteiger partial charge in [-0.3, -0.25) is 5.10 Å². The van der Waals surface area contributed by atoms with E-state index in [0.29, 0.717) is 27.4 Å². The lowest BCUT2D eigenvalue weighted by atomic mass is 10.1. The maximum atomic E-state index is 13.9. The number of aromatic amines is 1. The smallest absolute Gasteiger partial charge is 0.323 e. The van der Waals surface area contributed by atoms with E-state index in [1.807, 2.05) is 60.7 Å². The van der Waals surface area contributed by atoms with E-state index in [1.165, 1.54) is 18.3 Å². The van der Waals surface area contributed by atoms with Crippen molar-refractivity contribution in [1.82, 2.24) is 10.2 Å². The van der Waals surface area contributed by atoms with Crippen LogP contribution in [0.3, 0.4) is 0 Å². The first-order chi connectivity index (χ1) is 16.5. The number of hydrogen-bond donors (Lipinski definition) is 5. The van der Waals surface area contributed by atoms with Crippen LogP contribution >= 0.6 is 12.2 Å². The molecule has 1 aromatic heterocycles. The van der Waals surface area contributed by atoms with E-state index in [4.69, 9.17) is 12.2 Å². The van der Waals surface area contributed by atoms with Crippen LogP contribution in [-0.2, 0) is 0 Å². The van der Waals surface area contributed by atoms with E-state index in [-0.39, 0.29) is 0 Å². The zero-order valence-electron chi connectivity index (χ0n) is 17.7. The highest BCUT2D eigenvalue weighted by molar-refractivity contribution is 7.80. The van der Waals surface area contributed by atoms with Gasteiger partial charge in [0.2, 0.25) is 0 Å². The van der Waals surface area contributed by atoms with Crippen LogP contribution in [0.1, 0.15) is 0 Å². The molecule has 0 saturated heterocycles. The first-order valence-electron chi connectivity index (χ1n) is 10.4. The fourth-order valence-corrected chi connectivity index (χ4v) is 3.92. The van der Waals surface area contributed by atoms with Gasteiger partial charge in [0.25, 0.3) is 0 Å². The zero-order chi connectivity index (χ0) is 23.5. The number of fused-ring (bicyclic) bond motifs is 2. The van der Waals surface area contributed by atoms with Crippen LogP contribution in [0.2, 0.25) is 0 Å². The molecule has 1 heterocycles. The van der Waals surface area contributed by atoms with Crippen molar-refractivity contribution in [1.29, 1.82) is 0 Å². The normalized spacial score (nSPS) is 10.7. The third-order valence-corrected chi connectivity index (χ3v) is 5.39. The van der Waals surface area contributed by atoms with Crippen LogP contribution < -0.4 is 21.3 Å². The molecule has 5 rings (SSSR count). The standard InChI is InChI=1S/C25H19FN6OS/c26-16-12-22(20-14-27-32-23(20)13-16)31-24(33)30-21-8-4-5-15-11-18(9-10-19(15)21)29-25(34)28-17-6-2-1-3-7-17/h1-14H,(H,27,32)(H2,28,29,34)(H2,30,31,33). The van der Waals surface area contributed by atoms with Crippen LogP contribution in [-0.4, -0.2) is 21.3 Å². The van der Waals surface area contributed by atoms with Gasteiger partial charge in [0, 0.05) is 22.1 Å². The largest absolute Gasteiger partial charge is 0.332 e. The van der Waals surface area contributed by atoms with Crippen LogP contribution in [0.15, 0.2) is 85.1 Å². The van der Waals surface area contributed by atoms with Gasteiger partial charge in [-0.2, -0.15) is 5.10 Å². The van der Waals surface area contributed by atoms with Crippen LogP contribution in [0.5, 0.6) is 0 Å². The van der Waals surface area contributed by atoms with Gasteiger partial charge in [0.05, 0.1) is 23.1 Å². The molecule has 0 bridgehead atoms. The quantitative estimate of drug-likeness (QED) is 0.199. The molecule has 4 aromatic carbocycles. The van der Waals surface area contributed by atoms with E-state index in [1.54, 1.807) is 6.07 Å². The molecule has 0 spiro atoms. The molecular formula is C25H19FN6OS. The van der Waals surface area contributed by atoms with Crippen LogP contribution in [0, 0.1) is 5.82 Å². The second-order valence-corrected chi connectivity index (χ2v) is 7.96. The zero-order valence-corrected chi connectivity index (χ0v) is 18.5. The molecule has 0 aliphatic heterocycles. The monoisotopic (exact) mass is 470 g/mol. The Morgan fingerprint density at radius 3 is 2.44 bits per heavy atom. The number of urea groups is 1. The minimum atomic E-state index is -0.490. The van der Waals surface area contributed by atoms with Gasteiger partial charge in [0.15, 0.2) is 5.11 Å². The molecule has 34 heavy (non-hydrogen) atoms. The summed E-state index contributed by atoms with van der Waals surface area (Å²) in [4.78, 5) is 12.7. The van der Waals surface area contributed by atoms with Gasteiger partial charge in [0.1, 0.15) is 5.82 Å².